The molecule has 3 aliphatic heterocycles. The summed E-state index contributed by atoms with van der Waals surface area (Å²) in [7, 11) is 0. The lowest BCUT2D eigenvalue weighted by Crippen LogP contribution is -2.59. The lowest BCUT2D eigenvalue weighted by atomic mass is 9.97. The van der Waals surface area contributed by atoms with E-state index in [0.29, 0.717) is 45.9 Å². The number of nitrogens with zero attached hydrogens (tertiary/aromatic N) is 2. The van der Waals surface area contributed by atoms with E-state index in [0.717, 1.165) is 12.8 Å². The van der Waals surface area contributed by atoms with Gasteiger partial charge in [-0.1, -0.05) is 0 Å². The molecule has 7 heteroatoms. The van der Waals surface area contributed by atoms with Crippen molar-refractivity contribution in [1.29, 1.82) is 0 Å². The smallest absolute Gasteiger partial charge is 0.245 e. The Morgan fingerprint density at radius 1 is 1.10 bits per heavy atom. The van der Waals surface area contributed by atoms with E-state index in [1.54, 1.807) is 9.80 Å². The highest BCUT2D eigenvalue weighted by Gasteiger charge is 2.46. The Hall–Kier alpha value is -1.18. The van der Waals surface area contributed by atoms with E-state index < -0.39 is 5.54 Å². The van der Waals surface area contributed by atoms with Gasteiger partial charge in [-0.3, -0.25) is 9.59 Å². The Morgan fingerprint density at radius 3 is 2.52 bits per heavy atom. The first-order valence-electron chi connectivity index (χ1n) is 7.66. The van der Waals surface area contributed by atoms with Crippen molar-refractivity contribution in [3.8, 4) is 0 Å². The Balaban J connectivity index is 1.69. The highest BCUT2D eigenvalue weighted by atomic mass is 16.5. The Labute approximate surface area is 124 Å². The lowest BCUT2D eigenvalue weighted by molar-refractivity contribution is -0.149. The quantitative estimate of drug-likeness (QED) is 0.703. The minimum absolute atomic E-state index is 0.0339. The summed E-state index contributed by atoms with van der Waals surface area (Å²) in [6.07, 6.45) is 2.10. The van der Waals surface area contributed by atoms with Gasteiger partial charge in [0.1, 0.15) is 11.6 Å². The molecule has 0 aliphatic carbocycles. The summed E-state index contributed by atoms with van der Waals surface area (Å²) in [4.78, 5) is 28.8. The summed E-state index contributed by atoms with van der Waals surface area (Å²) < 4.78 is 10.5. The fraction of sp³-hybridized carbons (Fsp3) is 0.857. The zero-order chi connectivity index (χ0) is 14.9. The van der Waals surface area contributed by atoms with Gasteiger partial charge in [0.05, 0.1) is 19.8 Å². The van der Waals surface area contributed by atoms with Crippen molar-refractivity contribution in [3.05, 3.63) is 0 Å². The summed E-state index contributed by atoms with van der Waals surface area (Å²) in [5, 5.41) is 0. The summed E-state index contributed by atoms with van der Waals surface area (Å²) in [6.45, 7) is 3.72. The van der Waals surface area contributed by atoms with Crippen LogP contribution in [0.25, 0.3) is 0 Å². The third kappa shape index (κ3) is 2.77. The molecular formula is C14H23N3O4. The fourth-order valence-corrected chi connectivity index (χ4v) is 3.30. The second-order valence-corrected chi connectivity index (χ2v) is 6.05. The monoisotopic (exact) mass is 297 g/mol. The molecule has 3 aliphatic rings. The van der Waals surface area contributed by atoms with Crippen molar-refractivity contribution in [2.75, 3.05) is 46.1 Å². The van der Waals surface area contributed by atoms with Gasteiger partial charge in [0.15, 0.2) is 0 Å². The predicted molar refractivity (Wildman–Crippen MR) is 74.5 cm³/mol. The molecule has 0 radical (unpaired) electrons. The maximum absolute atomic E-state index is 12.7. The highest BCUT2D eigenvalue weighted by Crippen LogP contribution is 2.26. The van der Waals surface area contributed by atoms with Crippen molar-refractivity contribution in [2.45, 2.75) is 30.8 Å². The van der Waals surface area contributed by atoms with Crippen molar-refractivity contribution in [2.24, 2.45) is 5.73 Å². The number of hydrogen-bond acceptors (Lipinski definition) is 5. The molecule has 0 spiro atoms. The van der Waals surface area contributed by atoms with E-state index in [9.17, 15) is 9.59 Å². The molecule has 118 valence electrons. The third-order valence-electron chi connectivity index (χ3n) is 4.60. The van der Waals surface area contributed by atoms with E-state index in [1.165, 1.54) is 0 Å². The number of rotatable bonds is 2. The topological polar surface area (TPSA) is 85.1 Å². The van der Waals surface area contributed by atoms with E-state index in [4.69, 9.17) is 15.2 Å². The Morgan fingerprint density at radius 2 is 1.86 bits per heavy atom. The van der Waals surface area contributed by atoms with Gasteiger partial charge in [0.2, 0.25) is 11.8 Å². The minimum atomic E-state index is -0.951. The largest absolute Gasteiger partial charge is 0.379 e. The van der Waals surface area contributed by atoms with E-state index in [-0.39, 0.29) is 24.5 Å². The van der Waals surface area contributed by atoms with Crippen molar-refractivity contribution >= 4 is 11.8 Å². The number of nitrogens with two attached hydrogens (primary N) is 1. The first kappa shape index (κ1) is 14.7. The minimum Gasteiger partial charge on any atom is -0.379 e. The van der Waals surface area contributed by atoms with Crippen LogP contribution in [0.2, 0.25) is 0 Å². The van der Waals surface area contributed by atoms with E-state index in [1.807, 2.05) is 0 Å². The Kier molecular flexibility index (Phi) is 4.14. The molecule has 0 aromatic rings. The SMILES string of the molecule is NC1(C(=O)N2CCCC2C(=O)N2CCOCC2)CCOC1. The number of likely N-dealkylation sites (tertiary alicyclic amines) is 1. The number of morpholine rings is 1. The number of carbonyl (C=O) groups excluding carboxylic acids is 2. The van der Waals surface area contributed by atoms with E-state index >= 15 is 0 Å². The second-order valence-electron chi connectivity index (χ2n) is 6.05. The zero-order valence-electron chi connectivity index (χ0n) is 12.3. The van der Waals surface area contributed by atoms with Crippen LogP contribution < -0.4 is 5.73 Å². The Bertz CT molecular complexity index is 416. The van der Waals surface area contributed by atoms with Crippen LogP contribution in [0, 0.1) is 0 Å². The maximum Gasteiger partial charge on any atom is 0.245 e. The van der Waals surface area contributed by atoms with Gasteiger partial charge in [-0.25, -0.2) is 0 Å². The van der Waals surface area contributed by atoms with Gasteiger partial charge in [0.25, 0.3) is 0 Å². The molecule has 0 bridgehead atoms. The summed E-state index contributed by atoms with van der Waals surface area (Å²) in [5.74, 6) is -0.101. The summed E-state index contributed by atoms with van der Waals surface area (Å²) in [5.41, 5.74) is 5.21. The summed E-state index contributed by atoms with van der Waals surface area (Å²) in [6, 6.07) is -0.364. The molecule has 7 nitrogen and oxygen atoms in total. The first-order valence-corrected chi connectivity index (χ1v) is 7.66. The van der Waals surface area contributed by atoms with Crippen molar-refractivity contribution in [1.82, 2.24) is 9.80 Å². The van der Waals surface area contributed by atoms with Crippen LogP contribution in [0.3, 0.4) is 0 Å². The number of hydrogen-bond donors (Lipinski definition) is 1. The van der Waals surface area contributed by atoms with Crippen LogP contribution in [0.1, 0.15) is 19.3 Å². The molecule has 3 heterocycles. The summed E-state index contributed by atoms with van der Waals surface area (Å²) >= 11 is 0. The highest BCUT2D eigenvalue weighted by molar-refractivity contribution is 5.92. The van der Waals surface area contributed by atoms with Crippen LogP contribution in [-0.4, -0.2) is 79.3 Å². The average molecular weight is 297 g/mol. The van der Waals surface area contributed by atoms with Crippen molar-refractivity contribution in [3.63, 3.8) is 0 Å². The third-order valence-corrected chi connectivity index (χ3v) is 4.60. The van der Waals surface area contributed by atoms with Gasteiger partial charge in [-0.05, 0) is 19.3 Å². The molecule has 21 heavy (non-hydrogen) atoms. The molecule has 2 N–H and O–H groups in total. The molecule has 2 atom stereocenters. The maximum atomic E-state index is 12.7. The van der Waals surface area contributed by atoms with Crippen LogP contribution in [-0.2, 0) is 19.1 Å². The van der Waals surface area contributed by atoms with Gasteiger partial charge in [-0.15, -0.1) is 0 Å². The van der Waals surface area contributed by atoms with Crippen LogP contribution in [0.4, 0.5) is 0 Å². The first-order chi connectivity index (χ1) is 10.1. The molecule has 3 saturated heterocycles. The lowest BCUT2D eigenvalue weighted by Gasteiger charge is -2.35. The molecule has 3 fully saturated rings. The molecular weight excluding hydrogens is 274 g/mol. The fourth-order valence-electron chi connectivity index (χ4n) is 3.30. The average Bonchev–Trinajstić information content (AvgIpc) is 3.16. The van der Waals surface area contributed by atoms with Gasteiger partial charge >= 0.3 is 0 Å². The second kappa shape index (κ2) is 5.90. The predicted octanol–water partition coefficient (Wildman–Crippen LogP) is -1.05. The van der Waals surface area contributed by atoms with Crippen LogP contribution in [0.5, 0.6) is 0 Å². The van der Waals surface area contributed by atoms with Gasteiger partial charge < -0.3 is 25.0 Å². The van der Waals surface area contributed by atoms with Gasteiger partial charge in [-0.2, -0.15) is 0 Å². The molecule has 0 aromatic heterocycles. The number of ether oxygens (including phenoxy) is 2. The molecule has 0 saturated carbocycles. The zero-order valence-corrected chi connectivity index (χ0v) is 12.3. The molecule has 3 rings (SSSR count). The van der Waals surface area contributed by atoms with Crippen LogP contribution >= 0.6 is 0 Å². The van der Waals surface area contributed by atoms with Crippen LogP contribution in [0.15, 0.2) is 0 Å². The van der Waals surface area contributed by atoms with E-state index in [2.05, 4.69) is 0 Å². The standard InChI is InChI=1S/C14H23N3O4/c15-14(3-7-21-10-14)13(19)17-4-1-2-11(17)12(18)16-5-8-20-9-6-16/h11H,1-10,15H2. The molecule has 0 aromatic carbocycles. The van der Waals surface area contributed by atoms with Gasteiger partial charge in [0, 0.05) is 26.2 Å². The number of carbonyl (C=O) groups is 2. The normalized spacial score (nSPS) is 33.5. The molecule has 2 unspecified atom stereocenters. The van der Waals surface area contributed by atoms with Crippen molar-refractivity contribution < 1.29 is 19.1 Å². The molecule has 2 amide bonds. The number of amides is 2.